The predicted molar refractivity (Wildman–Crippen MR) is 97.7 cm³/mol. The van der Waals surface area contributed by atoms with E-state index in [4.69, 9.17) is 4.74 Å². The Morgan fingerprint density at radius 1 is 1.29 bits per heavy atom. The molecular formula is C18H25N5O5. The minimum absolute atomic E-state index is 0.0601. The van der Waals surface area contributed by atoms with Gasteiger partial charge in [-0.15, -0.1) is 5.10 Å². The molecule has 0 unspecified atom stereocenters. The molecular weight excluding hydrogens is 366 g/mol. The van der Waals surface area contributed by atoms with Gasteiger partial charge in [-0.3, -0.25) is 14.3 Å². The van der Waals surface area contributed by atoms with Crippen LogP contribution in [0.2, 0.25) is 0 Å². The summed E-state index contributed by atoms with van der Waals surface area (Å²) in [6, 6.07) is 0. The quantitative estimate of drug-likeness (QED) is 0.673. The first-order chi connectivity index (χ1) is 13.4. The number of nitrogens with one attached hydrogen (secondary N) is 1. The molecule has 4 rings (SSSR count). The van der Waals surface area contributed by atoms with Gasteiger partial charge in [0, 0.05) is 24.1 Å². The second-order valence-corrected chi connectivity index (χ2v) is 7.73. The van der Waals surface area contributed by atoms with Crippen molar-refractivity contribution in [3.05, 3.63) is 44.5 Å². The average Bonchev–Trinajstić information content (AvgIpc) is 3.31. The highest BCUT2D eigenvalue weighted by Gasteiger charge is 2.51. The van der Waals surface area contributed by atoms with E-state index < -0.39 is 35.9 Å². The van der Waals surface area contributed by atoms with E-state index in [1.54, 1.807) is 13.1 Å². The summed E-state index contributed by atoms with van der Waals surface area (Å²) in [6.07, 6.45) is 6.82. The van der Waals surface area contributed by atoms with Crippen molar-refractivity contribution < 1.29 is 14.9 Å². The van der Waals surface area contributed by atoms with Crippen molar-refractivity contribution in [3.8, 4) is 0 Å². The monoisotopic (exact) mass is 391 g/mol. The highest BCUT2D eigenvalue weighted by atomic mass is 16.6. The van der Waals surface area contributed by atoms with Gasteiger partial charge in [0.2, 0.25) is 5.72 Å². The van der Waals surface area contributed by atoms with E-state index in [2.05, 4.69) is 15.3 Å². The average molecular weight is 391 g/mol. The molecule has 28 heavy (non-hydrogen) atoms. The fourth-order valence-corrected chi connectivity index (χ4v) is 4.18. The van der Waals surface area contributed by atoms with Crippen molar-refractivity contribution in [2.45, 2.75) is 69.4 Å². The highest BCUT2D eigenvalue weighted by Crippen LogP contribution is 2.40. The fourth-order valence-electron chi connectivity index (χ4n) is 4.18. The van der Waals surface area contributed by atoms with E-state index >= 15 is 0 Å². The van der Waals surface area contributed by atoms with Gasteiger partial charge in [-0.25, -0.2) is 9.48 Å². The lowest BCUT2D eigenvalue weighted by molar-refractivity contribution is -0.187. The van der Waals surface area contributed by atoms with Crippen LogP contribution < -0.4 is 11.2 Å². The number of rotatable bonds is 4. The molecule has 1 saturated carbocycles. The van der Waals surface area contributed by atoms with Crippen LogP contribution in [0.5, 0.6) is 0 Å². The number of aryl methyl sites for hydroxylation is 1. The topological polar surface area (TPSA) is 135 Å². The Morgan fingerprint density at radius 3 is 2.75 bits per heavy atom. The van der Waals surface area contributed by atoms with Gasteiger partial charge in [-0.05, 0) is 19.8 Å². The molecule has 0 amide bonds. The molecule has 0 spiro atoms. The third-order valence-corrected chi connectivity index (χ3v) is 5.89. The van der Waals surface area contributed by atoms with Gasteiger partial charge in [-0.1, -0.05) is 24.5 Å². The molecule has 0 bridgehead atoms. The van der Waals surface area contributed by atoms with Crippen molar-refractivity contribution >= 4 is 0 Å². The summed E-state index contributed by atoms with van der Waals surface area (Å²) in [7, 11) is 0. The fraction of sp³-hybridized carbons (Fsp3) is 0.667. The number of hydrogen-bond acceptors (Lipinski definition) is 7. The van der Waals surface area contributed by atoms with Crippen LogP contribution in [0.4, 0.5) is 0 Å². The van der Waals surface area contributed by atoms with Gasteiger partial charge in [0.1, 0.15) is 12.3 Å². The molecule has 3 atom stereocenters. The van der Waals surface area contributed by atoms with Gasteiger partial charge in [-0.2, -0.15) is 0 Å². The van der Waals surface area contributed by atoms with Gasteiger partial charge < -0.3 is 14.9 Å². The van der Waals surface area contributed by atoms with E-state index in [9.17, 15) is 19.8 Å². The summed E-state index contributed by atoms with van der Waals surface area (Å²) in [5.74, 6) is 0.317. The summed E-state index contributed by atoms with van der Waals surface area (Å²) in [5.41, 5.74) is -1.47. The predicted octanol–water partition coefficient (Wildman–Crippen LogP) is 0.109. The molecule has 0 aromatic carbocycles. The lowest BCUT2D eigenvalue weighted by Crippen LogP contribution is -2.46. The minimum atomic E-state index is -1.53. The van der Waals surface area contributed by atoms with Crippen LogP contribution in [-0.4, -0.2) is 47.5 Å². The lowest BCUT2D eigenvalue weighted by Gasteiger charge is -2.30. The molecule has 1 aliphatic carbocycles. The van der Waals surface area contributed by atoms with E-state index in [0.717, 1.165) is 31.4 Å². The second kappa shape index (κ2) is 7.26. The Bertz CT molecular complexity index is 960. The molecule has 1 saturated heterocycles. The van der Waals surface area contributed by atoms with E-state index in [1.165, 1.54) is 21.9 Å². The van der Waals surface area contributed by atoms with Crippen LogP contribution in [-0.2, 0) is 10.5 Å². The molecule has 10 nitrogen and oxygen atoms in total. The number of ether oxygens (including phenoxy) is 1. The molecule has 0 radical (unpaired) electrons. The molecule has 3 heterocycles. The minimum Gasteiger partial charge on any atom is -0.391 e. The number of hydrogen-bond donors (Lipinski definition) is 3. The van der Waals surface area contributed by atoms with Crippen LogP contribution in [0, 0.1) is 6.92 Å². The molecule has 3 N–H and O–H groups in total. The van der Waals surface area contributed by atoms with Crippen molar-refractivity contribution in [1.82, 2.24) is 24.5 Å². The van der Waals surface area contributed by atoms with Crippen LogP contribution >= 0.6 is 0 Å². The van der Waals surface area contributed by atoms with Gasteiger partial charge in [0.25, 0.3) is 5.56 Å². The van der Waals surface area contributed by atoms with Crippen LogP contribution in [0.15, 0.2) is 22.0 Å². The van der Waals surface area contributed by atoms with Crippen molar-refractivity contribution in [3.63, 3.8) is 0 Å². The Balaban J connectivity index is 1.64. The molecule has 2 fully saturated rings. The van der Waals surface area contributed by atoms with Crippen LogP contribution in [0.3, 0.4) is 0 Å². The van der Waals surface area contributed by atoms with Gasteiger partial charge >= 0.3 is 5.69 Å². The standard InChI is InChI=1S/C18H25N5O5/c1-11-8-22(17(27)19-16(11)26)15-7-14(25)18(10-24,28-15)23-9-13(20-21-23)12-5-3-2-4-6-12/h8-9,12,14-15,24-25H,2-7,10H2,1H3,(H,19,26,27)/t14-,15+,18+/m0/s1. The maximum atomic E-state index is 12.2. The molecule has 152 valence electrons. The van der Waals surface area contributed by atoms with Crippen molar-refractivity contribution in [2.75, 3.05) is 6.61 Å². The Morgan fingerprint density at radius 2 is 2.04 bits per heavy atom. The van der Waals surface area contributed by atoms with Gasteiger partial charge in [0.15, 0.2) is 0 Å². The number of aromatic nitrogens is 5. The summed E-state index contributed by atoms with van der Waals surface area (Å²) in [6.45, 7) is 1.04. The van der Waals surface area contributed by atoms with Crippen LogP contribution in [0.25, 0.3) is 0 Å². The summed E-state index contributed by atoms with van der Waals surface area (Å²) in [5, 5.41) is 29.1. The summed E-state index contributed by atoms with van der Waals surface area (Å²) < 4.78 is 8.55. The maximum absolute atomic E-state index is 12.2. The number of aliphatic hydroxyl groups excluding tert-OH is 2. The molecule has 2 aromatic rings. The Kier molecular flexibility index (Phi) is 4.94. The molecule has 1 aliphatic heterocycles. The van der Waals surface area contributed by atoms with Gasteiger partial charge in [0.05, 0.1) is 18.5 Å². The van der Waals surface area contributed by atoms with Crippen molar-refractivity contribution in [2.24, 2.45) is 0 Å². The third kappa shape index (κ3) is 3.11. The first-order valence-electron chi connectivity index (χ1n) is 9.66. The van der Waals surface area contributed by atoms with E-state index in [-0.39, 0.29) is 6.42 Å². The molecule has 2 aromatic heterocycles. The molecule has 10 heteroatoms. The summed E-state index contributed by atoms with van der Waals surface area (Å²) >= 11 is 0. The van der Waals surface area contributed by atoms with Crippen LogP contribution in [0.1, 0.15) is 61.9 Å². The normalized spacial score (nSPS) is 28.7. The zero-order chi connectivity index (χ0) is 19.9. The maximum Gasteiger partial charge on any atom is 0.330 e. The Hall–Kier alpha value is -2.30. The first-order valence-corrected chi connectivity index (χ1v) is 9.66. The van der Waals surface area contributed by atoms with E-state index in [1.807, 2.05) is 0 Å². The number of H-pyrrole nitrogens is 1. The second-order valence-electron chi connectivity index (χ2n) is 7.73. The highest BCUT2D eigenvalue weighted by molar-refractivity contribution is 5.07. The zero-order valence-corrected chi connectivity index (χ0v) is 15.7. The SMILES string of the molecule is Cc1cn([C@H]2C[C@H](O)[C@](CO)(n3cc(C4CCCCC4)nn3)O2)c(=O)[nH]c1=O. The number of aromatic amines is 1. The van der Waals surface area contributed by atoms with Crippen molar-refractivity contribution in [1.29, 1.82) is 0 Å². The third-order valence-electron chi connectivity index (χ3n) is 5.89. The molecule has 2 aliphatic rings. The lowest BCUT2D eigenvalue weighted by atomic mass is 9.87. The smallest absolute Gasteiger partial charge is 0.330 e. The zero-order valence-electron chi connectivity index (χ0n) is 15.7. The van der Waals surface area contributed by atoms with E-state index in [0.29, 0.717) is 11.5 Å². The number of nitrogens with zero attached hydrogens (tertiary/aromatic N) is 4. The first kappa shape index (κ1) is 19.0. The number of aliphatic hydroxyl groups is 2. The largest absolute Gasteiger partial charge is 0.391 e. The summed E-state index contributed by atoms with van der Waals surface area (Å²) in [4.78, 5) is 26.0. The Labute approximate surface area is 160 Å².